The van der Waals surface area contributed by atoms with E-state index < -0.39 is 0 Å². The average Bonchev–Trinajstić information content (AvgIpc) is 3.36. The van der Waals surface area contributed by atoms with Gasteiger partial charge in [-0.1, -0.05) is 79.9 Å². The molecule has 0 atom stereocenters. The van der Waals surface area contributed by atoms with Crippen LogP contribution in [0, 0.1) is 6.92 Å². The van der Waals surface area contributed by atoms with E-state index in [0.29, 0.717) is 11.4 Å². The second-order valence-electron chi connectivity index (χ2n) is 9.40. The monoisotopic (exact) mass is 528 g/mol. The molecule has 1 amide bonds. The molecule has 6 nitrogen and oxygen atoms in total. The lowest BCUT2D eigenvalue weighted by Crippen LogP contribution is -2.24. The van der Waals surface area contributed by atoms with Crippen LogP contribution in [0.15, 0.2) is 78.0 Å². The molecule has 198 valence electrons. The summed E-state index contributed by atoms with van der Waals surface area (Å²) < 4.78 is 7.37. The van der Waals surface area contributed by atoms with Gasteiger partial charge < -0.3 is 10.1 Å². The molecule has 38 heavy (non-hydrogen) atoms. The number of carbonyl (C=O) groups excluding carboxylic acids is 1. The summed E-state index contributed by atoms with van der Waals surface area (Å²) in [4.78, 5) is 12.9. The zero-order valence-corrected chi connectivity index (χ0v) is 23.3. The van der Waals surface area contributed by atoms with Gasteiger partial charge >= 0.3 is 0 Å². The van der Waals surface area contributed by atoms with Crippen molar-refractivity contribution in [1.29, 1.82) is 0 Å². The predicted molar refractivity (Wildman–Crippen MR) is 154 cm³/mol. The summed E-state index contributed by atoms with van der Waals surface area (Å²) in [5, 5.41) is 12.7. The van der Waals surface area contributed by atoms with Crippen molar-refractivity contribution in [2.24, 2.45) is 0 Å². The Balaban J connectivity index is 1.45. The molecule has 0 saturated carbocycles. The van der Waals surface area contributed by atoms with Crippen LogP contribution in [0.25, 0.3) is 5.69 Å². The Kier molecular flexibility index (Phi) is 9.98. The molecular formula is C31H36N4O2S. The lowest BCUT2D eigenvalue weighted by Gasteiger charge is -2.12. The Morgan fingerprint density at radius 3 is 2.47 bits per heavy atom. The van der Waals surface area contributed by atoms with Gasteiger partial charge in [-0.25, -0.2) is 0 Å². The van der Waals surface area contributed by atoms with E-state index in [1.807, 2.05) is 34.9 Å². The summed E-state index contributed by atoms with van der Waals surface area (Å²) in [7, 11) is 1.67. The fraction of sp³-hybridized carbons (Fsp3) is 0.323. The van der Waals surface area contributed by atoms with E-state index in [-0.39, 0.29) is 12.5 Å². The first-order valence-electron chi connectivity index (χ1n) is 13.2. The van der Waals surface area contributed by atoms with E-state index in [1.54, 1.807) is 18.9 Å². The first-order valence-corrected chi connectivity index (χ1v) is 14.2. The van der Waals surface area contributed by atoms with E-state index >= 15 is 0 Å². The molecule has 0 fully saturated rings. The van der Waals surface area contributed by atoms with Gasteiger partial charge in [-0.05, 0) is 67.3 Å². The minimum Gasteiger partial charge on any atom is -0.497 e. The predicted octanol–water partition coefficient (Wildman–Crippen LogP) is 6.93. The zero-order valence-electron chi connectivity index (χ0n) is 22.4. The maximum Gasteiger partial charge on any atom is 0.251 e. The van der Waals surface area contributed by atoms with Crippen molar-refractivity contribution >= 4 is 17.7 Å². The van der Waals surface area contributed by atoms with Crippen molar-refractivity contribution in [1.82, 2.24) is 20.1 Å². The van der Waals surface area contributed by atoms with Crippen LogP contribution in [-0.2, 0) is 18.7 Å². The highest BCUT2D eigenvalue weighted by Crippen LogP contribution is 2.27. The van der Waals surface area contributed by atoms with Crippen molar-refractivity contribution in [3.05, 3.63) is 101 Å². The molecule has 1 aromatic heterocycles. The largest absolute Gasteiger partial charge is 0.497 e. The zero-order chi connectivity index (χ0) is 26.7. The molecule has 0 aliphatic carbocycles. The van der Waals surface area contributed by atoms with Crippen LogP contribution in [-0.4, -0.2) is 27.8 Å². The van der Waals surface area contributed by atoms with Crippen LogP contribution in [0.4, 0.5) is 0 Å². The first-order chi connectivity index (χ1) is 18.6. The molecule has 0 spiro atoms. The van der Waals surface area contributed by atoms with Gasteiger partial charge in [0.1, 0.15) is 5.75 Å². The maximum absolute atomic E-state index is 12.9. The number of unbranched alkanes of at least 4 members (excludes halogenated alkanes) is 3. The van der Waals surface area contributed by atoms with Crippen LogP contribution in [0.2, 0.25) is 0 Å². The molecule has 0 aliphatic heterocycles. The topological polar surface area (TPSA) is 69.0 Å². The van der Waals surface area contributed by atoms with Gasteiger partial charge in [0.05, 0.1) is 13.7 Å². The molecule has 0 radical (unpaired) electrons. The van der Waals surface area contributed by atoms with Crippen molar-refractivity contribution in [3.8, 4) is 11.4 Å². The SMILES string of the molecule is CCCCCCc1ccc(C(=O)NCc2nnc(SCc3cccc(OC)c3)n2-c2ccc(C)cc2)cc1. The number of nitrogens with zero attached hydrogens (tertiary/aromatic N) is 3. The lowest BCUT2D eigenvalue weighted by molar-refractivity contribution is 0.0949. The van der Waals surface area contributed by atoms with E-state index in [4.69, 9.17) is 4.74 Å². The summed E-state index contributed by atoms with van der Waals surface area (Å²) in [6.07, 6.45) is 6.00. The molecule has 3 aromatic carbocycles. The van der Waals surface area contributed by atoms with Gasteiger partial charge in [0, 0.05) is 17.0 Å². The van der Waals surface area contributed by atoms with Gasteiger partial charge in [0.15, 0.2) is 11.0 Å². The van der Waals surface area contributed by atoms with Gasteiger partial charge in [-0.3, -0.25) is 9.36 Å². The third kappa shape index (κ3) is 7.48. The molecular weight excluding hydrogens is 492 g/mol. The van der Waals surface area contributed by atoms with Crippen LogP contribution < -0.4 is 10.1 Å². The molecule has 1 heterocycles. The summed E-state index contributed by atoms with van der Waals surface area (Å²) >= 11 is 1.60. The highest BCUT2D eigenvalue weighted by molar-refractivity contribution is 7.98. The van der Waals surface area contributed by atoms with Crippen molar-refractivity contribution in [3.63, 3.8) is 0 Å². The van der Waals surface area contributed by atoms with Crippen molar-refractivity contribution < 1.29 is 9.53 Å². The van der Waals surface area contributed by atoms with Gasteiger partial charge in [-0.15, -0.1) is 10.2 Å². The number of hydrogen-bond donors (Lipinski definition) is 1. The standard InChI is InChI=1S/C31H36N4O2S/c1-4-5-6-7-9-24-14-16-26(17-15-24)30(36)32-21-29-33-34-31(35(29)27-18-12-23(2)13-19-27)38-22-25-10-8-11-28(20-25)37-3/h8,10-20H,4-7,9,21-22H2,1-3H3,(H,32,36). The highest BCUT2D eigenvalue weighted by atomic mass is 32.2. The quantitative estimate of drug-likeness (QED) is 0.151. The molecule has 7 heteroatoms. The number of rotatable bonds is 13. The average molecular weight is 529 g/mol. The fourth-order valence-corrected chi connectivity index (χ4v) is 5.13. The first kappa shape index (κ1) is 27.5. The van der Waals surface area contributed by atoms with Gasteiger partial charge in [0.2, 0.25) is 0 Å². The summed E-state index contributed by atoms with van der Waals surface area (Å²) in [5.41, 5.74) is 5.20. The Hall–Kier alpha value is -3.58. The second kappa shape index (κ2) is 13.8. The van der Waals surface area contributed by atoms with Crippen LogP contribution in [0.5, 0.6) is 5.75 Å². The van der Waals surface area contributed by atoms with Gasteiger partial charge in [-0.2, -0.15) is 0 Å². The second-order valence-corrected chi connectivity index (χ2v) is 10.3. The normalized spacial score (nSPS) is 10.9. The number of nitrogens with one attached hydrogen (secondary N) is 1. The number of aromatic nitrogens is 3. The molecule has 4 aromatic rings. The molecule has 0 saturated heterocycles. The molecule has 0 bridgehead atoms. The molecule has 1 N–H and O–H groups in total. The van der Waals surface area contributed by atoms with E-state index in [2.05, 4.69) is 71.8 Å². The van der Waals surface area contributed by atoms with Crippen LogP contribution >= 0.6 is 11.8 Å². The minimum absolute atomic E-state index is 0.119. The number of amides is 1. The molecule has 0 aliphatic rings. The third-order valence-corrected chi connectivity index (χ3v) is 7.44. The number of benzene rings is 3. The molecule has 0 unspecified atom stereocenters. The Morgan fingerprint density at radius 2 is 1.74 bits per heavy atom. The Labute approximate surface area is 229 Å². The van der Waals surface area contributed by atoms with Gasteiger partial charge in [0.25, 0.3) is 5.91 Å². The van der Waals surface area contributed by atoms with Crippen molar-refractivity contribution in [2.75, 3.05) is 7.11 Å². The van der Waals surface area contributed by atoms with Crippen LogP contribution in [0.3, 0.4) is 0 Å². The maximum atomic E-state index is 12.9. The number of ether oxygens (including phenoxy) is 1. The van der Waals surface area contributed by atoms with Crippen LogP contribution in [0.1, 0.15) is 65.5 Å². The fourth-order valence-electron chi connectivity index (χ4n) is 4.21. The lowest BCUT2D eigenvalue weighted by atomic mass is 10.0. The smallest absolute Gasteiger partial charge is 0.251 e. The molecule has 4 rings (SSSR count). The van der Waals surface area contributed by atoms with E-state index in [9.17, 15) is 4.79 Å². The Morgan fingerprint density at radius 1 is 0.947 bits per heavy atom. The van der Waals surface area contributed by atoms with E-state index in [0.717, 1.165) is 34.3 Å². The van der Waals surface area contributed by atoms with Crippen molar-refractivity contribution in [2.45, 2.75) is 63.4 Å². The number of aryl methyl sites for hydroxylation is 2. The number of hydrogen-bond acceptors (Lipinski definition) is 5. The summed E-state index contributed by atoms with van der Waals surface area (Å²) in [6, 6.07) is 24.2. The summed E-state index contributed by atoms with van der Waals surface area (Å²) in [6.45, 7) is 4.56. The summed E-state index contributed by atoms with van der Waals surface area (Å²) in [5.74, 6) is 2.11. The number of carbonyl (C=O) groups is 1. The number of thioether (sulfide) groups is 1. The Bertz CT molecular complexity index is 1320. The number of methoxy groups -OCH3 is 1. The highest BCUT2D eigenvalue weighted by Gasteiger charge is 2.16. The third-order valence-electron chi connectivity index (χ3n) is 6.44. The van der Waals surface area contributed by atoms with E-state index in [1.165, 1.54) is 36.8 Å². The minimum atomic E-state index is -0.119.